The zero-order chi connectivity index (χ0) is 32.4. The summed E-state index contributed by atoms with van der Waals surface area (Å²) in [4.78, 5) is 4.22. The fourth-order valence-corrected chi connectivity index (χ4v) is 14.2. The molecule has 3 rings (SSSR count). The number of pyridine rings is 1. The maximum atomic E-state index is 11.4. The van der Waals surface area contributed by atoms with Gasteiger partial charge in [-0.3, -0.25) is 9.54 Å². The molecule has 0 aliphatic carbocycles. The fourth-order valence-electron chi connectivity index (χ4n) is 5.11. The van der Waals surface area contributed by atoms with Gasteiger partial charge in [0, 0.05) is 47.7 Å². The molecule has 0 atom stereocenters. The Balaban J connectivity index is 0. The molecule has 3 aromatic rings. The quantitative estimate of drug-likeness (QED) is 0.113. The maximum Gasteiger partial charge on any atom is 0.298 e. The third-order valence-corrected chi connectivity index (χ3v) is 15.7. The molecule has 2 aromatic carbocycles. The molecule has 0 saturated heterocycles. The van der Waals surface area contributed by atoms with Crippen molar-refractivity contribution in [1.29, 1.82) is 0 Å². The van der Waals surface area contributed by atoms with E-state index >= 15 is 0 Å². The van der Waals surface area contributed by atoms with Gasteiger partial charge in [-0.2, -0.15) is 8.42 Å². The van der Waals surface area contributed by atoms with Gasteiger partial charge in [0.25, 0.3) is 10.1 Å². The second-order valence-corrected chi connectivity index (χ2v) is 21.6. The number of benzene rings is 2. The Morgan fingerprint density at radius 2 is 0.932 bits per heavy atom. The molecule has 44 heavy (non-hydrogen) atoms. The third kappa shape index (κ3) is 14.6. The Hall–Kier alpha value is -1.07. The van der Waals surface area contributed by atoms with Crippen LogP contribution in [-0.4, -0.2) is 53.6 Å². The second kappa shape index (κ2) is 20.2. The summed E-state index contributed by atoms with van der Waals surface area (Å²) >= 11 is 0. The van der Waals surface area contributed by atoms with Gasteiger partial charge in [-0.15, -0.1) is 0 Å². The van der Waals surface area contributed by atoms with Crippen molar-refractivity contribution in [3.63, 3.8) is 0 Å². The number of nitrogens with zero attached hydrogens (tertiary/aromatic N) is 1. The summed E-state index contributed by atoms with van der Waals surface area (Å²) in [6.07, 6.45) is 0. The van der Waals surface area contributed by atoms with E-state index < -0.39 is 36.1 Å². The van der Waals surface area contributed by atoms with Gasteiger partial charge in [-0.25, -0.2) is 8.42 Å². The fraction of sp³-hybridized carbons (Fsp3) is 0.438. The Bertz CT molecular complexity index is 1370. The molecule has 1 aromatic heterocycles. The number of aromatic nitrogens is 1. The molecule has 0 bridgehead atoms. The van der Waals surface area contributed by atoms with Crippen LogP contribution in [0.2, 0.25) is 0 Å². The average Bonchev–Trinajstić information content (AvgIpc) is 2.83. The van der Waals surface area contributed by atoms with Gasteiger partial charge in [0.05, 0.1) is 27.5 Å². The van der Waals surface area contributed by atoms with Crippen LogP contribution < -0.4 is 10.6 Å². The smallest absolute Gasteiger partial charge is 0.298 e. The van der Waals surface area contributed by atoms with E-state index in [1.807, 2.05) is 44.2 Å². The monoisotopic (exact) mass is 777 g/mol. The van der Waals surface area contributed by atoms with Crippen LogP contribution in [0.4, 0.5) is 0 Å². The molecule has 0 amide bonds. The van der Waals surface area contributed by atoms with Crippen LogP contribution in [0.3, 0.4) is 0 Å². The van der Waals surface area contributed by atoms with Crippen LogP contribution in [-0.2, 0) is 40.7 Å². The maximum absolute atomic E-state index is 11.4. The largest absolute Gasteiger partial charge is 0.744 e. The van der Waals surface area contributed by atoms with Crippen molar-refractivity contribution in [2.75, 3.05) is 0 Å². The zero-order valence-corrected chi connectivity index (χ0v) is 32.9. The van der Waals surface area contributed by atoms with Crippen molar-refractivity contribution in [1.82, 2.24) is 4.98 Å². The summed E-state index contributed by atoms with van der Waals surface area (Å²) in [5.41, 5.74) is 3.80. The van der Waals surface area contributed by atoms with Crippen LogP contribution in [0.5, 0.6) is 0 Å². The van der Waals surface area contributed by atoms with E-state index in [0.717, 1.165) is 22.0 Å². The van der Waals surface area contributed by atoms with Crippen LogP contribution in [0.1, 0.15) is 66.8 Å². The predicted octanol–water partition coefficient (Wildman–Crippen LogP) is 6.98. The van der Waals surface area contributed by atoms with Crippen molar-refractivity contribution in [3.8, 4) is 0 Å². The van der Waals surface area contributed by atoms with Gasteiger partial charge in [-0.05, 0) is 106 Å². The van der Waals surface area contributed by atoms with E-state index in [1.165, 1.54) is 12.1 Å². The van der Waals surface area contributed by atoms with E-state index in [0.29, 0.717) is 22.6 Å². The molecule has 0 aliphatic heterocycles. The molecule has 12 heteroatoms. The SMILES string of the molecule is CC(C)[PH+](c1ccccc1S(=O)(=O)O)C(C)C.CC(C)[PH+](c1ccccc1S(=O)(=O)[O-])C(C)C.Cc1cccc(C)n1.[CH3-].[Pd]. The summed E-state index contributed by atoms with van der Waals surface area (Å²) in [7, 11) is -10.5. The zero-order valence-electron chi connectivity index (χ0n) is 27.7. The summed E-state index contributed by atoms with van der Waals surface area (Å²) < 4.78 is 65.8. The molecule has 0 unspecified atom stereocenters. The van der Waals surface area contributed by atoms with Crippen LogP contribution in [0.15, 0.2) is 76.5 Å². The van der Waals surface area contributed by atoms with Crippen LogP contribution in [0, 0.1) is 21.3 Å². The molecule has 1 N–H and O–H groups in total. The summed E-state index contributed by atoms with van der Waals surface area (Å²) in [5, 5.41) is 1.56. The molecule has 0 saturated carbocycles. The Morgan fingerprint density at radius 1 is 0.614 bits per heavy atom. The van der Waals surface area contributed by atoms with Crippen molar-refractivity contribution < 1.29 is 46.4 Å². The van der Waals surface area contributed by atoms with Gasteiger partial charge in [0.2, 0.25) is 0 Å². The molecule has 0 fully saturated rings. The molecule has 0 aliphatic rings. The van der Waals surface area contributed by atoms with Gasteiger partial charge < -0.3 is 12.0 Å². The van der Waals surface area contributed by atoms with Crippen LogP contribution in [0.25, 0.3) is 0 Å². The third-order valence-electron chi connectivity index (χ3n) is 6.46. The van der Waals surface area contributed by atoms with Gasteiger partial charge in [0.1, 0.15) is 25.6 Å². The number of aryl methyl sites for hydroxylation is 2. The normalized spacial score (nSPS) is 11.5. The Kier molecular flexibility index (Phi) is 20.7. The molecule has 1 heterocycles. The second-order valence-electron chi connectivity index (χ2n) is 11.4. The average molecular weight is 778 g/mol. The Morgan fingerprint density at radius 3 is 1.20 bits per heavy atom. The van der Waals surface area contributed by atoms with Gasteiger partial charge >= 0.3 is 0 Å². The van der Waals surface area contributed by atoms with Gasteiger partial charge in [-0.1, -0.05) is 30.3 Å². The number of hydrogen-bond donors (Lipinski definition) is 1. The Labute approximate surface area is 283 Å². The topological polar surface area (TPSA) is 124 Å². The number of hydrogen-bond acceptors (Lipinski definition) is 6. The number of rotatable bonds is 8. The molecular formula is C32H51NO6P2PdS2. The van der Waals surface area contributed by atoms with Gasteiger partial charge in [0.15, 0.2) is 0 Å². The van der Waals surface area contributed by atoms with E-state index in [2.05, 4.69) is 60.4 Å². The van der Waals surface area contributed by atoms with E-state index in [9.17, 15) is 25.9 Å². The first-order valence-electron chi connectivity index (χ1n) is 14.0. The van der Waals surface area contributed by atoms with Crippen molar-refractivity contribution in [3.05, 3.63) is 85.5 Å². The van der Waals surface area contributed by atoms with E-state index in [-0.39, 0.29) is 37.6 Å². The molecule has 252 valence electrons. The minimum Gasteiger partial charge on any atom is -0.744 e. The van der Waals surface area contributed by atoms with E-state index in [1.54, 1.807) is 24.3 Å². The summed E-state index contributed by atoms with van der Waals surface area (Å²) in [5.74, 6) is 0. The predicted molar refractivity (Wildman–Crippen MR) is 187 cm³/mol. The van der Waals surface area contributed by atoms with Crippen molar-refractivity contribution in [2.24, 2.45) is 0 Å². The van der Waals surface area contributed by atoms with Crippen LogP contribution >= 0.6 is 15.8 Å². The first-order chi connectivity index (χ1) is 19.3. The molecule has 0 spiro atoms. The van der Waals surface area contributed by atoms with Crippen molar-refractivity contribution >= 4 is 46.7 Å². The first-order valence-corrected chi connectivity index (χ1v) is 20.2. The summed E-state index contributed by atoms with van der Waals surface area (Å²) in [6.45, 7) is 20.8. The summed E-state index contributed by atoms with van der Waals surface area (Å²) in [6, 6.07) is 19.4. The minimum absolute atomic E-state index is 0. The minimum atomic E-state index is -4.37. The van der Waals surface area contributed by atoms with Crippen molar-refractivity contribution in [2.45, 2.75) is 102 Å². The standard InChI is InChI=1S/2C12H19O3PS.C7H9N.CH3.Pd/c2*1-9(2)16(10(3)4)11-7-5-6-8-12(11)17(13,14)15;1-6-4-3-5-7(2)8-6;;/h2*5-10H,1-4H3,(H,13,14,15);3-5H,1-2H3;1H3;/q;;;-1;/p+1. The van der Waals surface area contributed by atoms with E-state index in [4.69, 9.17) is 0 Å². The molecule has 7 nitrogen and oxygen atoms in total. The first kappa shape index (κ1) is 45.1. The molecular weight excluding hydrogens is 727 g/mol. The molecule has 0 radical (unpaired) electrons.